The Morgan fingerprint density at radius 3 is 2.55 bits per heavy atom. The van der Waals surface area contributed by atoms with Gasteiger partial charge in [-0.3, -0.25) is 9.59 Å². The second-order valence-electron chi connectivity index (χ2n) is 6.26. The van der Waals surface area contributed by atoms with Crippen LogP contribution in [0.15, 0.2) is 24.4 Å². The van der Waals surface area contributed by atoms with Gasteiger partial charge in [0, 0.05) is 24.4 Å². The van der Waals surface area contributed by atoms with E-state index in [1.807, 2.05) is 0 Å². The van der Waals surface area contributed by atoms with Crippen molar-refractivity contribution in [2.45, 2.75) is 33.0 Å². The van der Waals surface area contributed by atoms with Crippen molar-refractivity contribution in [2.24, 2.45) is 0 Å². The molecule has 2 aromatic rings. The van der Waals surface area contributed by atoms with Gasteiger partial charge in [-0.1, -0.05) is 11.6 Å². The lowest BCUT2D eigenvalue weighted by molar-refractivity contribution is -0.137. The molecule has 2 amide bonds. The number of hydrogen-bond acceptors (Lipinski definition) is 5. The van der Waals surface area contributed by atoms with Crippen molar-refractivity contribution in [2.75, 3.05) is 11.9 Å². The van der Waals surface area contributed by atoms with Crippen molar-refractivity contribution < 1.29 is 27.5 Å². The number of aromatic nitrogens is 2. The molecule has 0 radical (unpaired) electrons. The summed E-state index contributed by atoms with van der Waals surface area (Å²) in [5.41, 5.74) is -0.177. The molecular weight excluding hydrogens is 413 g/mol. The highest BCUT2D eigenvalue weighted by Crippen LogP contribution is 2.33. The molecule has 0 aliphatic carbocycles. The number of ether oxygens (including phenoxy) is 1. The summed E-state index contributed by atoms with van der Waals surface area (Å²) < 4.78 is 43.2. The van der Waals surface area contributed by atoms with Crippen molar-refractivity contribution in [3.8, 4) is 5.88 Å². The molecule has 0 spiro atoms. The molecule has 1 unspecified atom stereocenters. The van der Waals surface area contributed by atoms with Gasteiger partial charge in [-0.05, 0) is 32.0 Å². The smallest absolute Gasteiger partial charge is 0.417 e. The first-order valence-electron chi connectivity index (χ1n) is 8.38. The van der Waals surface area contributed by atoms with Crippen LogP contribution in [0.5, 0.6) is 5.88 Å². The fourth-order valence-corrected chi connectivity index (χ4v) is 2.50. The molecule has 2 N–H and O–H groups in total. The highest BCUT2D eigenvalue weighted by molar-refractivity contribution is 6.31. The molecule has 7 nitrogen and oxygen atoms in total. The minimum atomic E-state index is -4.56. The third kappa shape index (κ3) is 6.60. The van der Waals surface area contributed by atoms with E-state index in [1.54, 1.807) is 19.9 Å². The van der Waals surface area contributed by atoms with E-state index in [4.69, 9.17) is 16.3 Å². The van der Waals surface area contributed by atoms with Gasteiger partial charge in [0.25, 0.3) is 5.91 Å². The number of anilines is 1. The van der Waals surface area contributed by atoms with E-state index in [-0.39, 0.29) is 34.8 Å². The number of rotatable bonds is 6. The number of nitrogens with one attached hydrogen (secondary N) is 2. The van der Waals surface area contributed by atoms with Crippen LogP contribution in [-0.4, -0.2) is 34.4 Å². The molecule has 0 saturated heterocycles. The van der Waals surface area contributed by atoms with Crippen molar-refractivity contribution in [3.05, 3.63) is 46.2 Å². The van der Waals surface area contributed by atoms with Crippen LogP contribution in [0.1, 0.15) is 35.5 Å². The van der Waals surface area contributed by atoms with E-state index in [1.165, 1.54) is 13.0 Å². The third-order valence-corrected chi connectivity index (χ3v) is 3.77. The lowest BCUT2D eigenvalue weighted by Gasteiger charge is -2.16. The van der Waals surface area contributed by atoms with Crippen LogP contribution in [0.25, 0.3) is 0 Å². The lowest BCUT2D eigenvalue weighted by atomic mass is 10.2. The summed E-state index contributed by atoms with van der Waals surface area (Å²) in [7, 11) is 0. The highest BCUT2D eigenvalue weighted by atomic mass is 35.5. The minimum Gasteiger partial charge on any atom is -0.474 e. The average molecular weight is 431 g/mol. The van der Waals surface area contributed by atoms with Crippen molar-refractivity contribution in [1.29, 1.82) is 0 Å². The van der Waals surface area contributed by atoms with Gasteiger partial charge < -0.3 is 15.4 Å². The topological polar surface area (TPSA) is 93.2 Å². The van der Waals surface area contributed by atoms with Gasteiger partial charge in [-0.2, -0.15) is 13.2 Å². The van der Waals surface area contributed by atoms with Gasteiger partial charge in [-0.15, -0.1) is 0 Å². The van der Waals surface area contributed by atoms with Crippen LogP contribution in [0.3, 0.4) is 0 Å². The van der Waals surface area contributed by atoms with Gasteiger partial charge in [0.05, 0.1) is 11.6 Å². The first kappa shape index (κ1) is 22.4. The predicted octanol–water partition coefficient (Wildman–Crippen LogP) is 3.61. The van der Waals surface area contributed by atoms with Crippen LogP contribution >= 0.6 is 11.6 Å². The van der Waals surface area contributed by atoms with Crippen LogP contribution in [0.2, 0.25) is 5.02 Å². The maximum absolute atomic E-state index is 12.6. The first-order chi connectivity index (χ1) is 13.5. The Bertz CT molecular complexity index is 922. The van der Waals surface area contributed by atoms with Crippen molar-refractivity contribution in [3.63, 3.8) is 0 Å². The molecule has 0 saturated carbocycles. The Labute approximate surface area is 169 Å². The van der Waals surface area contributed by atoms with E-state index < -0.39 is 23.7 Å². The number of carbonyl (C=O) groups excluding carboxylic acids is 2. The van der Waals surface area contributed by atoms with Crippen molar-refractivity contribution in [1.82, 2.24) is 15.3 Å². The van der Waals surface area contributed by atoms with Crippen LogP contribution in [0, 0.1) is 6.92 Å². The monoisotopic (exact) mass is 430 g/mol. The molecule has 1 atom stereocenters. The molecule has 29 heavy (non-hydrogen) atoms. The summed E-state index contributed by atoms with van der Waals surface area (Å²) >= 11 is 5.78. The molecule has 0 aliphatic heterocycles. The minimum absolute atomic E-state index is 0.0769. The Hall–Kier alpha value is -2.88. The molecule has 2 aromatic heterocycles. The maximum atomic E-state index is 12.6. The fraction of sp³-hybridized carbons (Fsp3) is 0.333. The van der Waals surface area contributed by atoms with Crippen molar-refractivity contribution >= 4 is 29.2 Å². The molecule has 11 heteroatoms. The van der Waals surface area contributed by atoms with E-state index in [0.717, 1.165) is 6.07 Å². The number of nitrogens with zero attached hydrogens (tertiary/aromatic N) is 2. The lowest BCUT2D eigenvalue weighted by Crippen LogP contribution is -2.37. The van der Waals surface area contributed by atoms with Gasteiger partial charge in [-0.25, -0.2) is 9.97 Å². The molecule has 156 valence electrons. The van der Waals surface area contributed by atoms with Crippen LogP contribution < -0.4 is 15.4 Å². The van der Waals surface area contributed by atoms with Crippen LogP contribution in [0.4, 0.5) is 19.0 Å². The Morgan fingerprint density at radius 2 is 1.97 bits per heavy atom. The normalized spacial score (nSPS) is 12.2. The third-order valence-electron chi connectivity index (χ3n) is 3.50. The zero-order valence-electron chi connectivity index (χ0n) is 15.7. The van der Waals surface area contributed by atoms with Gasteiger partial charge in [0.15, 0.2) is 0 Å². The standard InChI is InChI=1S/C18H18ClF3N4O3/c1-9-4-12(5-15(24-9)26-11(3)27)16(28)25-10(2)8-29-17-14(19)6-13(7-23-17)18(20,21)22/h4-7,10H,8H2,1-3H3,(H,25,28)(H,24,26,27). The predicted molar refractivity (Wildman–Crippen MR) is 99.9 cm³/mol. The maximum Gasteiger partial charge on any atom is 0.417 e. The van der Waals surface area contributed by atoms with Gasteiger partial charge in [0.2, 0.25) is 11.8 Å². The zero-order valence-corrected chi connectivity index (χ0v) is 16.5. The first-order valence-corrected chi connectivity index (χ1v) is 8.76. The summed E-state index contributed by atoms with van der Waals surface area (Å²) in [6.07, 6.45) is -3.94. The number of amides is 2. The number of pyridine rings is 2. The molecule has 0 aliphatic rings. The van der Waals surface area contributed by atoms with E-state index in [0.29, 0.717) is 11.9 Å². The molecule has 2 heterocycles. The van der Waals surface area contributed by atoms with E-state index >= 15 is 0 Å². The zero-order chi connectivity index (χ0) is 21.8. The highest BCUT2D eigenvalue weighted by Gasteiger charge is 2.31. The number of alkyl halides is 3. The second kappa shape index (κ2) is 9.08. The Kier molecular flexibility index (Phi) is 7.02. The number of halogens is 4. The molecule has 2 rings (SSSR count). The molecule has 0 bridgehead atoms. The summed E-state index contributed by atoms with van der Waals surface area (Å²) in [6.45, 7) is 4.56. The van der Waals surface area contributed by atoms with E-state index in [9.17, 15) is 22.8 Å². The average Bonchev–Trinajstić information content (AvgIpc) is 2.58. The number of hydrogen-bond donors (Lipinski definition) is 2. The molecule has 0 fully saturated rings. The second-order valence-corrected chi connectivity index (χ2v) is 6.67. The number of carbonyl (C=O) groups is 2. The summed E-state index contributed by atoms with van der Waals surface area (Å²) in [5.74, 6) is -0.692. The fourth-order valence-electron chi connectivity index (χ4n) is 2.28. The molecular formula is C18H18ClF3N4O3. The summed E-state index contributed by atoms with van der Waals surface area (Å²) in [6, 6.07) is 3.17. The summed E-state index contributed by atoms with van der Waals surface area (Å²) in [5, 5.41) is 4.89. The van der Waals surface area contributed by atoms with E-state index in [2.05, 4.69) is 20.6 Å². The van der Waals surface area contributed by atoms with Gasteiger partial charge >= 0.3 is 6.18 Å². The number of aryl methyl sites for hydroxylation is 1. The van der Waals surface area contributed by atoms with Gasteiger partial charge in [0.1, 0.15) is 17.4 Å². The Balaban J connectivity index is 1.99. The quantitative estimate of drug-likeness (QED) is 0.730. The SMILES string of the molecule is CC(=O)Nc1cc(C(=O)NC(C)COc2ncc(C(F)(F)F)cc2Cl)cc(C)n1. The van der Waals surface area contributed by atoms with Crippen LogP contribution in [-0.2, 0) is 11.0 Å². The molecule has 0 aromatic carbocycles. The summed E-state index contributed by atoms with van der Waals surface area (Å²) in [4.78, 5) is 31.2. The Morgan fingerprint density at radius 1 is 1.28 bits per heavy atom. The largest absolute Gasteiger partial charge is 0.474 e.